The summed E-state index contributed by atoms with van der Waals surface area (Å²) < 4.78 is 17.3. The summed E-state index contributed by atoms with van der Waals surface area (Å²) in [6, 6.07) is 19.2. The SMILES string of the molecule is CCCCOc1ccccc1C1C(C#N)=C(N)Oc2cc(OC(=O)c3ccc(Cl)cc3Cl)ccc21. The number of carbonyl (C=O) groups excluding carboxylic acids is 1. The van der Waals surface area contributed by atoms with Crippen molar-refractivity contribution in [1.29, 1.82) is 5.26 Å². The molecule has 3 aromatic carbocycles. The van der Waals surface area contributed by atoms with Crippen LogP contribution < -0.4 is 19.9 Å². The first-order chi connectivity index (χ1) is 16.9. The Morgan fingerprint density at radius 1 is 1.11 bits per heavy atom. The van der Waals surface area contributed by atoms with Crippen LogP contribution in [0.3, 0.4) is 0 Å². The molecule has 8 heteroatoms. The highest BCUT2D eigenvalue weighted by atomic mass is 35.5. The van der Waals surface area contributed by atoms with Gasteiger partial charge >= 0.3 is 5.97 Å². The Morgan fingerprint density at radius 2 is 1.91 bits per heavy atom. The number of nitriles is 1. The van der Waals surface area contributed by atoms with E-state index in [4.69, 9.17) is 43.1 Å². The van der Waals surface area contributed by atoms with Crippen molar-refractivity contribution in [3.05, 3.63) is 98.9 Å². The molecule has 1 aliphatic rings. The normalized spacial score (nSPS) is 14.5. The van der Waals surface area contributed by atoms with Crippen molar-refractivity contribution in [1.82, 2.24) is 0 Å². The van der Waals surface area contributed by atoms with Crippen LogP contribution in [0.25, 0.3) is 0 Å². The maximum absolute atomic E-state index is 12.6. The second kappa shape index (κ2) is 10.7. The van der Waals surface area contributed by atoms with Crippen molar-refractivity contribution in [2.24, 2.45) is 5.73 Å². The lowest BCUT2D eigenvalue weighted by Crippen LogP contribution is -2.21. The van der Waals surface area contributed by atoms with Gasteiger partial charge in [0.25, 0.3) is 0 Å². The second-order valence-corrected chi connectivity index (χ2v) is 8.72. The Balaban J connectivity index is 1.69. The van der Waals surface area contributed by atoms with Crippen molar-refractivity contribution in [2.75, 3.05) is 6.61 Å². The Morgan fingerprint density at radius 3 is 2.66 bits per heavy atom. The van der Waals surface area contributed by atoms with E-state index in [1.807, 2.05) is 24.3 Å². The molecule has 0 radical (unpaired) electrons. The number of unbranched alkanes of at least 4 members (excludes halogenated alkanes) is 1. The minimum Gasteiger partial charge on any atom is -0.493 e. The van der Waals surface area contributed by atoms with Gasteiger partial charge in [-0.2, -0.15) is 5.26 Å². The summed E-state index contributed by atoms with van der Waals surface area (Å²) in [7, 11) is 0. The zero-order valence-electron chi connectivity index (χ0n) is 18.9. The van der Waals surface area contributed by atoms with Crippen LogP contribution in [0.5, 0.6) is 17.2 Å². The van der Waals surface area contributed by atoms with E-state index < -0.39 is 11.9 Å². The Labute approximate surface area is 213 Å². The molecule has 178 valence electrons. The lowest BCUT2D eigenvalue weighted by molar-refractivity contribution is 0.0734. The lowest BCUT2D eigenvalue weighted by atomic mass is 9.83. The number of nitrogens with zero attached hydrogens (tertiary/aromatic N) is 1. The largest absolute Gasteiger partial charge is 0.493 e. The van der Waals surface area contributed by atoms with E-state index in [2.05, 4.69) is 13.0 Å². The molecule has 2 N–H and O–H groups in total. The summed E-state index contributed by atoms with van der Waals surface area (Å²) >= 11 is 12.0. The number of hydrogen-bond donors (Lipinski definition) is 1. The number of nitrogens with two attached hydrogens (primary N) is 1. The molecule has 35 heavy (non-hydrogen) atoms. The minimum atomic E-state index is -0.644. The van der Waals surface area contributed by atoms with Crippen LogP contribution in [0.2, 0.25) is 10.0 Å². The summed E-state index contributed by atoms with van der Waals surface area (Å²) in [5.74, 6) is 0.123. The molecule has 0 amide bonds. The molecular weight excluding hydrogens is 487 g/mol. The molecule has 1 heterocycles. The zero-order chi connectivity index (χ0) is 24.9. The summed E-state index contributed by atoms with van der Waals surface area (Å²) in [6.45, 7) is 2.65. The number of fused-ring (bicyclic) bond motifs is 1. The number of hydrogen-bond acceptors (Lipinski definition) is 6. The summed E-state index contributed by atoms with van der Waals surface area (Å²) in [5, 5.41) is 10.5. The predicted molar refractivity (Wildman–Crippen MR) is 134 cm³/mol. The van der Waals surface area contributed by atoms with E-state index in [0.29, 0.717) is 28.7 Å². The maximum Gasteiger partial charge on any atom is 0.345 e. The van der Waals surface area contributed by atoms with Gasteiger partial charge in [0.2, 0.25) is 5.88 Å². The van der Waals surface area contributed by atoms with Crippen LogP contribution in [-0.4, -0.2) is 12.6 Å². The number of allylic oxidation sites excluding steroid dienone is 1. The van der Waals surface area contributed by atoms with E-state index in [9.17, 15) is 10.1 Å². The Hall–Kier alpha value is -3.66. The van der Waals surface area contributed by atoms with Gasteiger partial charge < -0.3 is 19.9 Å². The number of halogens is 2. The van der Waals surface area contributed by atoms with E-state index in [1.54, 1.807) is 24.3 Å². The number of ether oxygens (including phenoxy) is 3. The maximum atomic E-state index is 12.6. The van der Waals surface area contributed by atoms with Crippen LogP contribution in [-0.2, 0) is 0 Å². The van der Waals surface area contributed by atoms with Crippen molar-refractivity contribution in [3.8, 4) is 23.3 Å². The van der Waals surface area contributed by atoms with E-state index >= 15 is 0 Å². The van der Waals surface area contributed by atoms with Crippen molar-refractivity contribution < 1.29 is 19.0 Å². The molecule has 0 fully saturated rings. The van der Waals surface area contributed by atoms with Gasteiger partial charge in [-0.15, -0.1) is 0 Å². The third kappa shape index (κ3) is 5.22. The van der Waals surface area contributed by atoms with Crippen molar-refractivity contribution >= 4 is 29.2 Å². The van der Waals surface area contributed by atoms with Crippen molar-refractivity contribution in [3.63, 3.8) is 0 Å². The predicted octanol–water partition coefficient (Wildman–Crippen LogP) is 6.61. The van der Waals surface area contributed by atoms with Crippen LogP contribution in [0.15, 0.2) is 72.1 Å². The highest BCUT2D eigenvalue weighted by molar-refractivity contribution is 6.36. The Kier molecular flexibility index (Phi) is 7.50. The average Bonchev–Trinajstić information content (AvgIpc) is 2.83. The monoisotopic (exact) mass is 508 g/mol. The highest BCUT2D eigenvalue weighted by Crippen LogP contribution is 2.46. The van der Waals surface area contributed by atoms with Gasteiger partial charge in [0, 0.05) is 22.2 Å². The van der Waals surface area contributed by atoms with Gasteiger partial charge in [0.15, 0.2) is 0 Å². The third-order valence-corrected chi connectivity index (χ3v) is 6.09. The molecular formula is C27H22Cl2N2O4. The molecule has 0 aliphatic carbocycles. The molecule has 0 spiro atoms. The fourth-order valence-electron chi connectivity index (χ4n) is 3.81. The number of esters is 1. The topological polar surface area (TPSA) is 94.6 Å². The first-order valence-electron chi connectivity index (χ1n) is 11.0. The van der Waals surface area contributed by atoms with E-state index in [1.165, 1.54) is 12.1 Å². The number of rotatable bonds is 7. The zero-order valence-corrected chi connectivity index (χ0v) is 20.4. The molecule has 0 saturated carbocycles. The highest BCUT2D eigenvalue weighted by Gasteiger charge is 2.33. The van der Waals surface area contributed by atoms with Gasteiger partial charge in [-0.3, -0.25) is 0 Å². The standard InChI is InChI=1S/C27H22Cl2N2O4/c1-2-3-12-33-23-7-5-4-6-19(23)25-20-11-9-17(14-24(20)35-26(31)21(25)15-30)34-27(32)18-10-8-16(28)13-22(18)29/h4-11,13-14,25H,2-3,12,31H2,1H3. The molecule has 1 atom stereocenters. The van der Waals surface area contributed by atoms with Crippen LogP contribution in [0, 0.1) is 11.3 Å². The summed E-state index contributed by atoms with van der Waals surface area (Å²) in [6.07, 6.45) is 1.91. The van der Waals surface area contributed by atoms with Crippen LogP contribution >= 0.6 is 23.2 Å². The molecule has 0 bridgehead atoms. The Bertz CT molecular complexity index is 1350. The smallest absolute Gasteiger partial charge is 0.345 e. The fourth-order valence-corrected chi connectivity index (χ4v) is 4.30. The lowest BCUT2D eigenvalue weighted by Gasteiger charge is -2.28. The first-order valence-corrected chi connectivity index (χ1v) is 11.8. The van der Waals surface area contributed by atoms with E-state index in [-0.39, 0.29) is 27.8 Å². The van der Waals surface area contributed by atoms with Gasteiger partial charge in [0.05, 0.1) is 23.1 Å². The molecule has 1 aliphatic heterocycles. The molecule has 0 aromatic heterocycles. The quantitative estimate of drug-likeness (QED) is 0.219. The molecule has 3 aromatic rings. The first kappa shape index (κ1) is 24.5. The molecule has 4 rings (SSSR count). The number of para-hydroxylation sites is 1. The summed E-state index contributed by atoms with van der Waals surface area (Å²) in [5.41, 5.74) is 8.09. The number of carbonyl (C=O) groups is 1. The molecule has 0 saturated heterocycles. The molecule has 6 nitrogen and oxygen atoms in total. The second-order valence-electron chi connectivity index (χ2n) is 7.88. The van der Waals surface area contributed by atoms with Crippen LogP contribution in [0.4, 0.5) is 0 Å². The van der Waals surface area contributed by atoms with Gasteiger partial charge in [0.1, 0.15) is 28.9 Å². The van der Waals surface area contributed by atoms with Gasteiger partial charge in [-0.05, 0) is 36.8 Å². The molecule has 1 unspecified atom stereocenters. The third-order valence-electron chi connectivity index (χ3n) is 5.54. The van der Waals surface area contributed by atoms with E-state index in [0.717, 1.165) is 18.4 Å². The number of benzene rings is 3. The minimum absolute atomic E-state index is 0.0161. The van der Waals surface area contributed by atoms with Crippen molar-refractivity contribution in [2.45, 2.75) is 25.7 Å². The summed E-state index contributed by atoms with van der Waals surface area (Å²) in [4.78, 5) is 12.6. The van der Waals surface area contributed by atoms with Gasteiger partial charge in [-0.25, -0.2) is 4.79 Å². The average molecular weight is 509 g/mol. The van der Waals surface area contributed by atoms with Crippen LogP contribution in [0.1, 0.15) is 47.2 Å². The fraction of sp³-hybridized carbons (Fsp3) is 0.185. The van der Waals surface area contributed by atoms with Gasteiger partial charge in [-0.1, -0.05) is 60.8 Å².